The number of carbonyl (C=O) groups is 3. The van der Waals surface area contributed by atoms with E-state index < -0.39 is 41.4 Å². The van der Waals surface area contributed by atoms with Crippen molar-refractivity contribution in [2.45, 2.75) is 76.5 Å². The van der Waals surface area contributed by atoms with Crippen molar-refractivity contribution in [3.63, 3.8) is 0 Å². The lowest BCUT2D eigenvalue weighted by Gasteiger charge is -2.35. The van der Waals surface area contributed by atoms with Crippen LogP contribution in [0.2, 0.25) is 0 Å². The van der Waals surface area contributed by atoms with Crippen LogP contribution in [0.25, 0.3) is 0 Å². The monoisotopic (exact) mass is 493 g/mol. The number of benzene rings is 1. The molecule has 35 heavy (non-hydrogen) atoms. The first-order valence-electron chi connectivity index (χ1n) is 12.5. The summed E-state index contributed by atoms with van der Waals surface area (Å²) in [6.07, 6.45) is 4.97. The highest BCUT2D eigenvalue weighted by molar-refractivity contribution is 5.99. The molecule has 2 aliphatic rings. The Kier molecular flexibility index (Phi) is 9.56. The van der Waals surface area contributed by atoms with Gasteiger partial charge >= 0.3 is 0 Å². The second-order valence-corrected chi connectivity index (χ2v) is 9.48. The van der Waals surface area contributed by atoms with Crippen molar-refractivity contribution >= 4 is 23.4 Å². The largest absolute Gasteiger partial charge is 0.343 e. The van der Waals surface area contributed by atoms with Crippen LogP contribution in [0.15, 0.2) is 18.2 Å². The van der Waals surface area contributed by atoms with Crippen LogP contribution in [0.5, 0.6) is 0 Å². The molecule has 3 rings (SSSR count). The molecule has 0 bridgehead atoms. The number of hydrogen-bond acceptors (Lipinski definition) is 5. The van der Waals surface area contributed by atoms with Crippen LogP contribution in [0.1, 0.15) is 52.4 Å². The standard InChI is InChI=1S/C25H37F2N5O3/c1-4-29-17-13-20(24(34)31-22-18(26)11-8-12-19(22)27)32(14-17)25(35)21(16-9-6-5-7-10-16)30-23(33)15(2)28-3/h8,11-12,15-17,20-21,28-29H,4-7,9-10,13-14H2,1-3H3,(H,30,33)(H,31,34)/t15-,17-,20-,21-/m0/s1. The molecule has 8 nitrogen and oxygen atoms in total. The summed E-state index contributed by atoms with van der Waals surface area (Å²) in [6.45, 7) is 4.56. The lowest BCUT2D eigenvalue weighted by atomic mass is 9.83. The number of anilines is 1. The first-order chi connectivity index (χ1) is 16.8. The average molecular weight is 494 g/mol. The smallest absolute Gasteiger partial charge is 0.247 e. The molecule has 0 unspecified atom stereocenters. The topological polar surface area (TPSA) is 103 Å². The summed E-state index contributed by atoms with van der Waals surface area (Å²) < 4.78 is 28.3. The summed E-state index contributed by atoms with van der Waals surface area (Å²) >= 11 is 0. The number of para-hydroxylation sites is 1. The van der Waals surface area contributed by atoms with Gasteiger partial charge in [-0.2, -0.15) is 0 Å². The molecule has 194 valence electrons. The van der Waals surface area contributed by atoms with Crippen molar-refractivity contribution in [3.8, 4) is 0 Å². The van der Waals surface area contributed by atoms with E-state index in [1.807, 2.05) is 6.92 Å². The number of nitrogens with one attached hydrogen (secondary N) is 4. The molecule has 0 aromatic heterocycles. The maximum atomic E-state index is 14.2. The average Bonchev–Trinajstić information content (AvgIpc) is 3.28. The molecule has 1 saturated heterocycles. The molecule has 1 aromatic carbocycles. The van der Waals surface area contributed by atoms with Crippen molar-refractivity contribution in [2.75, 3.05) is 25.5 Å². The number of carbonyl (C=O) groups excluding carboxylic acids is 3. The van der Waals surface area contributed by atoms with Crippen LogP contribution in [0.4, 0.5) is 14.5 Å². The minimum absolute atomic E-state index is 0.0323. The zero-order chi connectivity index (χ0) is 25.5. The number of amides is 3. The Morgan fingerprint density at radius 1 is 1.11 bits per heavy atom. The molecule has 0 radical (unpaired) electrons. The molecule has 0 spiro atoms. The Labute approximate surface area is 205 Å². The normalized spacial score (nSPS) is 22.5. The van der Waals surface area contributed by atoms with E-state index in [0.717, 1.165) is 44.2 Å². The fourth-order valence-electron chi connectivity index (χ4n) is 5.03. The molecule has 4 atom stereocenters. The minimum Gasteiger partial charge on any atom is -0.343 e. The maximum absolute atomic E-state index is 14.2. The van der Waals surface area contributed by atoms with Gasteiger partial charge < -0.3 is 26.2 Å². The molecular formula is C25H37F2N5O3. The minimum atomic E-state index is -0.921. The number of rotatable bonds is 9. The number of likely N-dealkylation sites (tertiary alicyclic amines) is 1. The first kappa shape index (κ1) is 27.0. The highest BCUT2D eigenvalue weighted by Crippen LogP contribution is 2.30. The predicted molar refractivity (Wildman–Crippen MR) is 130 cm³/mol. The Bertz CT molecular complexity index is 889. The van der Waals surface area contributed by atoms with Gasteiger partial charge in [0.25, 0.3) is 0 Å². The van der Waals surface area contributed by atoms with Gasteiger partial charge in [-0.25, -0.2) is 8.78 Å². The van der Waals surface area contributed by atoms with Gasteiger partial charge in [-0.05, 0) is 57.8 Å². The van der Waals surface area contributed by atoms with E-state index in [2.05, 4.69) is 21.3 Å². The van der Waals surface area contributed by atoms with E-state index >= 15 is 0 Å². The lowest BCUT2D eigenvalue weighted by Crippen LogP contribution is -2.57. The predicted octanol–water partition coefficient (Wildman–Crippen LogP) is 2.16. The van der Waals surface area contributed by atoms with Crippen molar-refractivity contribution in [1.29, 1.82) is 0 Å². The molecule has 4 N–H and O–H groups in total. The molecule has 1 saturated carbocycles. The van der Waals surface area contributed by atoms with Crippen molar-refractivity contribution in [2.24, 2.45) is 5.92 Å². The van der Waals surface area contributed by atoms with Gasteiger partial charge in [0.1, 0.15) is 29.4 Å². The van der Waals surface area contributed by atoms with E-state index in [4.69, 9.17) is 0 Å². The Morgan fingerprint density at radius 3 is 2.37 bits per heavy atom. The van der Waals surface area contributed by atoms with Gasteiger partial charge in [0.05, 0.1) is 6.04 Å². The van der Waals surface area contributed by atoms with Gasteiger partial charge in [-0.3, -0.25) is 14.4 Å². The third-order valence-electron chi connectivity index (χ3n) is 7.10. The van der Waals surface area contributed by atoms with Gasteiger partial charge in [-0.15, -0.1) is 0 Å². The SMILES string of the molecule is CCN[C@H]1C[C@@H](C(=O)Nc2c(F)cccc2F)N(C(=O)[C@@H](NC(=O)[C@H](C)NC)C2CCCCC2)C1. The van der Waals surface area contributed by atoms with E-state index in [1.54, 1.807) is 14.0 Å². The zero-order valence-electron chi connectivity index (χ0n) is 20.7. The van der Waals surface area contributed by atoms with E-state index in [9.17, 15) is 23.2 Å². The van der Waals surface area contributed by atoms with E-state index in [0.29, 0.717) is 13.0 Å². The highest BCUT2D eigenvalue weighted by atomic mass is 19.1. The fourth-order valence-corrected chi connectivity index (χ4v) is 5.03. The number of hydrogen-bond donors (Lipinski definition) is 4. The van der Waals surface area contributed by atoms with Crippen LogP contribution in [0.3, 0.4) is 0 Å². The van der Waals surface area contributed by atoms with Gasteiger partial charge in [0.2, 0.25) is 17.7 Å². The van der Waals surface area contributed by atoms with Gasteiger partial charge in [-0.1, -0.05) is 32.3 Å². The van der Waals surface area contributed by atoms with Crippen LogP contribution < -0.4 is 21.3 Å². The summed E-state index contributed by atoms with van der Waals surface area (Å²) in [7, 11) is 1.67. The number of likely N-dealkylation sites (N-methyl/N-ethyl adjacent to an activating group) is 2. The molecule has 1 aromatic rings. The Morgan fingerprint density at radius 2 is 1.77 bits per heavy atom. The second kappa shape index (κ2) is 12.4. The van der Waals surface area contributed by atoms with E-state index in [-0.39, 0.29) is 30.3 Å². The van der Waals surface area contributed by atoms with Crippen molar-refractivity contribution in [1.82, 2.24) is 20.9 Å². The molecule has 2 fully saturated rings. The third kappa shape index (κ3) is 6.55. The third-order valence-corrected chi connectivity index (χ3v) is 7.10. The summed E-state index contributed by atoms with van der Waals surface area (Å²) in [5, 5.41) is 11.4. The van der Waals surface area contributed by atoms with Crippen LogP contribution >= 0.6 is 0 Å². The van der Waals surface area contributed by atoms with Gasteiger partial charge in [0, 0.05) is 12.6 Å². The molecule has 1 aliphatic heterocycles. The quantitative estimate of drug-likeness (QED) is 0.422. The van der Waals surface area contributed by atoms with Crippen LogP contribution in [0, 0.1) is 17.6 Å². The van der Waals surface area contributed by atoms with Crippen LogP contribution in [-0.2, 0) is 14.4 Å². The molecule has 1 heterocycles. The number of halogens is 2. The molecule has 1 aliphatic carbocycles. The van der Waals surface area contributed by atoms with Crippen molar-refractivity contribution < 1.29 is 23.2 Å². The maximum Gasteiger partial charge on any atom is 0.247 e. The first-order valence-corrected chi connectivity index (χ1v) is 12.5. The molecule has 3 amide bonds. The molecule has 10 heteroatoms. The van der Waals surface area contributed by atoms with E-state index in [1.165, 1.54) is 11.0 Å². The zero-order valence-corrected chi connectivity index (χ0v) is 20.7. The number of nitrogens with zero attached hydrogens (tertiary/aromatic N) is 1. The second-order valence-electron chi connectivity index (χ2n) is 9.48. The summed E-state index contributed by atoms with van der Waals surface area (Å²) in [6, 6.07) is 1.03. The Hall–Kier alpha value is -2.59. The highest BCUT2D eigenvalue weighted by Gasteiger charge is 2.44. The van der Waals surface area contributed by atoms with Crippen molar-refractivity contribution in [3.05, 3.63) is 29.8 Å². The summed E-state index contributed by atoms with van der Waals surface area (Å²) in [4.78, 5) is 41.3. The molecular weight excluding hydrogens is 456 g/mol. The summed E-state index contributed by atoms with van der Waals surface area (Å²) in [5.41, 5.74) is -0.531. The van der Waals surface area contributed by atoms with Crippen LogP contribution in [-0.4, -0.2) is 66.9 Å². The lowest BCUT2D eigenvalue weighted by molar-refractivity contribution is -0.142. The van der Waals surface area contributed by atoms with Gasteiger partial charge in [0.15, 0.2) is 0 Å². The summed E-state index contributed by atoms with van der Waals surface area (Å²) in [5.74, 6) is -3.07. The Balaban J connectivity index is 1.86. The fraction of sp³-hybridized carbons (Fsp3) is 0.640.